The van der Waals surface area contributed by atoms with Gasteiger partial charge in [-0.05, 0) is 49.7 Å². The molecule has 0 radical (unpaired) electrons. The minimum absolute atomic E-state index is 0.134. The van der Waals surface area contributed by atoms with E-state index >= 15 is 0 Å². The van der Waals surface area contributed by atoms with Crippen molar-refractivity contribution in [1.82, 2.24) is 4.90 Å². The summed E-state index contributed by atoms with van der Waals surface area (Å²) in [6.45, 7) is 7.06. The lowest BCUT2D eigenvalue weighted by Gasteiger charge is -2.41. The van der Waals surface area contributed by atoms with E-state index in [9.17, 15) is 10.1 Å². The summed E-state index contributed by atoms with van der Waals surface area (Å²) in [6.07, 6.45) is 0. The first-order chi connectivity index (χ1) is 13.0. The summed E-state index contributed by atoms with van der Waals surface area (Å²) in [7, 11) is 0. The number of amides is 1. The second kappa shape index (κ2) is 8.43. The van der Waals surface area contributed by atoms with Crippen LogP contribution in [0, 0.1) is 18.3 Å². The molecule has 1 amide bonds. The molecule has 6 heteroatoms. The molecule has 0 saturated carbocycles. The van der Waals surface area contributed by atoms with E-state index in [0.717, 1.165) is 19.6 Å². The zero-order valence-corrected chi connectivity index (χ0v) is 16.3. The van der Waals surface area contributed by atoms with Crippen LogP contribution in [-0.2, 0) is 4.79 Å². The van der Waals surface area contributed by atoms with E-state index < -0.39 is 0 Å². The Morgan fingerprint density at radius 3 is 2.81 bits per heavy atom. The Morgan fingerprint density at radius 2 is 2.11 bits per heavy atom. The molecule has 0 spiro atoms. The van der Waals surface area contributed by atoms with E-state index in [-0.39, 0.29) is 5.91 Å². The van der Waals surface area contributed by atoms with Crippen molar-refractivity contribution in [1.29, 1.82) is 5.26 Å². The molecule has 1 atom stereocenters. The average molecular weight is 383 g/mol. The SMILES string of the molecule is Cc1cccc(N2CCN(CC(=O)Nc3cc(Cl)ccc3C#N)CC2C)c1. The van der Waals surface area contributed by atoms with Gasteiger partial charge >= 0.3 is 0 Å². The molecule has 27 heavy (non-hydrogen) atoms. The molecular formula is C21H23ClN4O. The van der Waals surface area contributed by atoms with Crippen molar-refractivity contribution in [2.45, 2.75) is 19.9 Å². The fourth-order valence-corrected chi connectivity index (χ4v) is 3.65. The number of nitrogens with one attached hydrogen (secondary N) is 1. The number of rotatable bonds is 4. The number of nitrogens with zero attached hydrogens (tertiary/aromatic N) is 3. The maximum atomic E-state index is 12.4. The third-order valence-corrected chi connectivity index (χ3v) is 5.02. The molecule has 5 nitrogen and oxygen atoms in total. The molecule has 0 aromatic heterocycles. The normalized spacial score (nSPS) is 17.4. The van der Waals surface area contributed by atoms with E-state index in [1.165, 1.54) is 11.3 Å². The van der Waals surface area contributed by atoms with Crippen molar-refractivity contribution in [2.24, 2.45) is 0 Å². The average Bonchev–Trinajstić information content (AvgIpc) is 2.62. The predicted octanol–water partition coefficient (Wildman–Crippen LogP) is 3.67. The molecule has 1 heterocycles. The molecule has 3 rings (SSSR count). The lowest BCUT2D eigenvalue weighted by molar-refractivity contribution is -0.117. The Bertz CT molecular complexity index is 877. The summed E-state index contributed by atoms with van der Waals surface area (Å²) in [6, 6.07) is 15.8. The van der Waals surface area contributed by atoms with Crippen molar-refractivity contribution in [3.05, 3.63) is 58.6 Å². The molecule has 1 saturated heterocycles. The first-order valence-electron chi connectivity index (χ1n) is 9.01. The van der Waals surface area contributed by atoms with Gasteiger partial charge in [0.05, 0.1) is 17.8 Å². The van der Waals surface area contributed by atoms with Crippen LogP contribution in [-0.4, -0.2) is 43.0 Å². The summed E-state index contributed by atoms with van der Waals surface area (Å²) in [5.41, 5.74) is 3.34. The summed E-state index contributed by atoms with van der Waals surface area (Å²) in [5.74, 6) is -0.134. The molecule has 1 fully saturated rings. The highest BCUT2D eigenvalue weighted by Crippen LogP contribution is 2.22. The molecule has 1 N–H and O–H groups in total. The second-order valence-corrected chi connectivity index (χ2v) is 7.40. The molecule has 0 bridgehead atoms. The molecule has 1 unspecified atom stereocenters. The van der Waals surface area contributed by atoms with Gasteiger partial charge in [0.1, 0.15) is 6.07 Å². The largest absolute Gasteiger partial charge is 0.366 e. The third kappa shape index (κ3) is 4.79. The highest BCUT2D eigenvalue weighted by molar-refractivity contribution is 6.31. The number of carbonyl (C=O) groups excluding carboxylic acids is 1. The Balaban J connectivity index is 1.59. The van der Waals surface area contributed by atoms with Crippen LogP contribution in [0.1, 0.15) is 18.1 Å². The molecule has 1 aliphatic heterocycles. The van der Waals surface area contributed by atoms with Gasteiger partial charge in [-0.3, -0.25) is 9.69 Å². The zero-order chi connectivity index (χ0) is 19.4. The van der Waals surface area contributed by atoms with Crippen molar-refractivity contribution in [3.63, 3.8) is 0 Å². The smallest absolute Gasteiger partial charge is 0.238 e. The molecule has 1 aliphatic rings. The molecule has 140 valence electrons. The molecular weight excluding hydrogens is 360 g/mol. The van der Waals surface area contributed by atoms with Crippen LogP contribution in [0.3, 0.4) is 0 Å². The monoisotopic (exact) mass is 382 g/mol. The number of piperazine rings is 1. The van der Waals surface area contributed by atoms with Crippen molar-refractivity contribution in [2.75, 3.05) is 36.4 Å². The highest BCUT2D eigenvalue weighted by Gasteiger charge is 2.25. The van der Waals surface area contributed by atoms with Crippen LogP contribution in [0.15, 0.2) is 42.5 Å². The Labute approximate surface area is 165 Å². The van der Waals surface area contributed by atoms with Crippen molar-refractivity contribution < 1.29 is 4.79 Å². The first kappa shape index (κ1) is 19.2. The van der Waals surface area contributed by atoms with Gasteiger partial charge in [0.2, 0.25) is 5.91 Å². The van der Waals surface area contributed by atoms with E-state index in [0.29, 0.717) is 28.9 Å². The van der Waals surface area contributed by atoms with Gasteiger partial charge in [0.15, 0.2) is 0 Å². The van der Waals surface area contributed by atoms with Crippen LogP contribution in [0.5, 0.6) is 0 Å². The number of halogens is 1. The van der Waals surface area contributed by atoms with Gasteiger partial charge in [0, 0.05) is 36.4 Å². The number of hydrogen-bond donors (Lipinski definition) is 1. The number of anilines is 2. The van der Waals surface area contributed by atoms with Crippen molar-refractivity contribution >= 4 is 28.9 Å². The maximum Gasteiger partial charge on any atom is 0.238 e. The molecule has 2 aromatic rings. The van der Waals surface area contributed by atoms with Crippen LogP contribution in [0.4, 0.5) is 11.4 Å². The summed E-state index contributed by atoms with van der Waals surface area (Å²) in [4.78, 5) is 17.0. The summed E-state index contributed by atoms with van der Waals surface area (Å²) < 4.78 is 0. The van der Waals surface area contributed by atoms with Crippen LogP contribution >= 0.6 is 11.6 Å². The molecule has 0 aliphatic carbocycles. The van der Waals surface area contributed by atoms with Gasteiger partial charge in [-0.15, -0.1) is 0 Å². The fourth-order valence-electron chi connectivity index (χ4n) is 3.48. The summed E-state index contributed by atoms with van der Waals surface area (Å²) >= 11 is 5.98. The lowest BCUT2D eigenvalue weighted by atomic mass is 10.1. The van der Waals surface area contributed by atoms with Crippen molar-refractivity contribution in [3.8, 4) is 6.07 Å². The van der Waals surface area contributed by atoms with E-state index in [4.69, 9.17) is 11.6 Å². The maximum absolute atomic E-state index is 12.4. The lowest BCUT2D eigenvalue weighted by Crippen LogP contribution is -2.53. The highest BCUT2D eigenvalue weighted by atomic mass is 35.5. The van der Waals surface area contributed by atoms with Gasteiger partial charge in [0.25, 0.3) is 0 Å². The minimum atomic E-state index is -0.134. The Morgan fingerprint density at radius 1 is 1.30 bits per heavy atom. The van der Waals surface area contributed by atoms with Crippen LogP contribution in [0.25, 0.3) is 0 Å². The quantitative estimate of drug-likeness (QED) is 0.876. The zero-order valence-electron chi connectivity index (χ0n) is 15.6. The standard InChI is InChI=1S/C21H23ClN4O/c1-15-4-3-5-19(10-15)26-9-8-25(13-16(26)2)14-21(27)24-20-11-18(22)7-6-17(20)12-23/h3-7,10-11,16H,8-9,13-14H2,1-2H3,(H,24,27). The van der Waals surface area contributed by atoms with E-state index in [1.807, 2.05) is 0 Å². The van der Waals surface area contributed by atoms with E-state index in [2.05, 4.69) is 59.3 Å². The van der Waals surface area contributed by atoms with Crippen LogP contribution < -0.4 is 10.2 Å². The first-order valence-corrected chi connectivity index (χ1v) is 9.39. The van der Waals surface area contributed by atoms with Gasteiger partial charge < -0.3 is 10.2 Å². The van der Waals surface area contributed by atoms with Crippen LogP contribution in [0.2, 0.25) is 5.02 Å². The molecule has 2 aromatic carbocycles. The van der Waals surface area contributed by atoms with Gasteiger partial charge in [-0.2, -0.15) is 5.26 Å². The fraction of sp³-hybridized carbons (Fsp3) is 0.333. The number of carbonyl (C=O) groups is 1. The topological polar surface area (TPSA) is 59.4 Å². The Hall–Kier alpha value is -2.55. The predicted molar refractivity (Wildman–Crippen MR) is 109 cm³/mol. The number of benzene rings is 2. The third-order valence-electron chi connectivity index (χ3n) is 4.79. The van der Waals surface area contributed by atoms with Gasteiger partial charge in [-0.1, -0.05) is 23.7 Å². The number of nitriles is 1. The summed E-state index contributed by atoms with van der Waals surface area (Å²) in [5, 5.41) is 12.5. The second-order valence-electron chi connectivity index (χ2n) is 6.97. The number of aryl methyl sites for hydroxylation is 1. The van der Waals surface area contributed by atoms with E-state index in [1.54, 1.807) is 18.2 Å². The number of hydrogen-bond acceptors (Lipinski definition) is 4. The Kier molecular flexibility index (Phi) is 6.00. The van der Waals surface area contributed by atoms with Gasteiger partial charge in [-0.25, -0.2) is 0 Å². The minimum Gasteiger partial charge on any atom is -0.366 e.